The lowest BCUT2D eigenvalue weighted by Gasteiger charge is -2.36. The Kier molecular flexibility index (Phi) is 4.84. The lowest BCUT2D eigenvalue weighted by Crippen LogP contribution is -2.39. The van der Waals surface area contributed by atoms with Crippen molar-refractivity contribution in [1.29, 1.82) is 0 Å². The predicted octanol–water partition coefficient (Wildman–Crippen LogP) is 3.27. The number of amides is 1. The van der Waals surface area contributed by atoms with Crippen LogP contribution in [-0.4, -0.2) is 11.1 Å². The second kappa shape index (κ2) is 6.39. The maximum absolute atomic E-state index is 11.9. The molecule has 17 heavy (non-hydrogen) atoms. The van der Waals surface area contributed by atoms with Gasteiger partial charge in [0.15, 0.2) is 0 Å². The summed E-state index contributed by atoms with van der Waals surface area (Å²) in [7, 11) is 0. The van der Waals surface area contributed by atoms with Gasteiger partial charge < -0.3 is 0 Å². The van der Waals surface area contributed by atoms with Crippen LogP contribution < -0.4 is 5.48 Å². The van der Waals surface area contributed by atoms with E-state index in [0.717, 1.165) is 0 Å². The van der Waals surface area contributed by atoms with E-state index in [0.29, 0.717) is 11.8 Å². The van der Waals surface area contributed by atoms with Crippen LogP contribution in [0.5, 0.6) is 0 Å². The zero-order valence-corrected chi connectivity index (χ0v) is 10.7. The Balaban J connectivity index is 2.02. The van der Waals surface area contributed by atoms with Crippen molar-refractivity contribution in [3.8, 4) is 0 Å². The number of hydrogen-bond donors (Lipinski definition) is 2. The quantitative estimate of drug-likeness (QED) is 0.586. The SMILES string of the molecule is O=C(NO)C(C1CCCCC1)C1CCCCC1. The predicted molar refractivity (Wildman–Crippen MR) is 66.6 cm³/mol. The average Bonchev–Trinajstić information content (AvgIpc) is 2.41. The zero-order chi connectivity index (χ0) is 12.1. The average molecular weight is 239 g/mol. The van der Waals surface area contributed by atoms with Crippen molar-refractivity contribution >= 4 is 5.91 Å². The molecule has 1 amide bonds. The fourth-order valence-electron chi connectivity index (χ4n) is 3.87. The van der Waals surface area contributed by atoms with Gasteiger partial charge in [-0.15, -0.1) is 0 Å². The van der Waals surface area contributed by atoms with Gasteiger partial charge in [0.25, 0.3) is 0 Å². The zero-order valence-electron chi connectivity index (χ0n) is 10.7. The highest BCUT2D eigenvalue weighted by Crippen LogP contribution is 2.39. The molecule has 0 aliphatic heterocycles. The second-order valence-corrected chi connectivity index (χ2v) is 5.80. The van der Waals surface area contributed by atoms with Crippen LogP contribution in [0.1, 0.15) is 64.2 Å². The first-order valence-electron chi connectivity index (χ1n) is 7.27. The highest BCUT2D eigenvalue weighted by molar-refractivity contribution is 5.78. The summed E-state index contributed by atoms with van der Waals surface area (Å²) in [5.41, 5.74) is 1.92. The standard InChI is InChI=1S/C14H25NO2/c16-14(15-17)13(11-7-3-1-4-8-11)12-9-5-2-6-10-12/h11-13,17H,1-10H2,(H,15,16). The maximum Gasteiger partial charge on any atom is 0.246 e. The Hall–Kier alpha value is -0.570. The van der Waals surface area contributed by atoms with Gasteiger partial charge in [0.2, 0.25) is 5.91 Å². The number of hydrogen-bond acceptors (Lipinski definition) is 2. The molecule has 3 heteroatoms. The van der Waals surface area contributed by atoms with Crippen LogP contribution in [0.15, 0.2) is 0 Å². The van der Waals surface area contributed by atoms with Gasteiger partial charge in [-0.2, -0.15) is 0 Å². The van der Waals surface area contributed by atoms with Crippen molar-refractivity contribution in [1.82, 2.24) is 5.48 Å². The summed E-state index contributed by atoms with van der Waals surface area (Å²) in [5, 5.41) is 8.97. The molecule has 0 aromatic heterocycles. The molecule has 2 aliphatic carbocycles. The third-order valence-electron chi connectivity index (χ3n) is 4.73. The van der Waals surface area contributed by atoms with Gasteiger partial charge in [0.05, 0.1) is 0 Å². The fraction of sp³-hybridized carbons (Fsp3) is 0.929. The molecule has 98 valence electrons. The molecule has 0 aromatic rings. The van der Waals surface area contributed by atoms with Gasteiger partial charge in [-0.3, -0.25) is 10.0 Å². The van der Waals surface area contributed by atoms with Gasteiger partial charge in [0.1, 0.15) is 0 Å². The first-order chi connectivity index (χ1) is 8.33. The number of carbonyl (C=O) groups is 1. The van der Waals surface area contributed by atoms with E-state index in [1.165, 1.54) is 64.2 Å². The summed E-state index contributed by atoms with van der Waals surface area (Å²) in [4.78, 5) is 11.9. The highest BCUT2D eigenvalue weighted by atomic mass is 16.5. The van der Waals surface area contributed by atoms with Crippen molar-refractivity contribution in [2.75, 3.05) is 0 Å². The molecule has 0 radical (unpaired) electrons. The van der Waals surface area contributed by atoms with Crippen molar-refractivity contribution in [2.45, 2.75) is 64.2 Å². The monoisotopic (exact) mass is 239 g/mol. The van der Waals surface area contributed by atoms with E-state index in [1.807, 2.05) is 5.48 Å². The summed E-state index contributed by atoms with van der Waals surface area (Å²) in [6.45, 7) is 0. The van der Waals surface area contributed by atoms with E-state index in [1.54, 1.807) is 0 Å². The van der Waals surface area contributed by atoms with Crippen LogP contribution in [0.4, 0.5) is 0 Å². The summed E-state index contributed by atoms with van der Waals surface area (Å²) in [6, 6.07) is 0. The second-order valence-electron chi connectivity index (χ2n) is 5.80. The van der Waals surface area contributed by atoms with E-state index in [-0.39, 0.29) is 11.8 Å². The van der Waals surface area contributed by atoms with Crippen LogP contribution in [0.2, 0.25) is 0 Å². The largest absolute Gasteiger partial charge is 0.289 e. The number of rotatable bonds is 3. The van der Waals surface area contributed by atoms with Gasteiger partial charge in [0, 0.05) is 5.92 Å². The molecule has 0 atom stereocenters. The number of hydroxylamine groups is 1. The Morgan fingerprint density at radius 3 is 1.65 bits per heavy atom. The van der Waals surface area contributed by atoms with Crippen molar-refractivity contribution in [3.05, 3.63) is 0 Å². The minimum Gasteiger partial charge on any atom is -0.289 e. The third-order valence-corrected chi connectivity index (χ3v) is 4.73. The van der Waals surface area contributed by atoms with E-state index in [2.05, 4.69) is 0 Å². The van der Waals surface area contributed by atoms with E-state index >= 15 is 0 Å². The molecule has 2 saturated carbocycles. The summed E-state index contributed by atoms with van der Waals surface area (Å²) in [6.07, 6.45) is 12.4. The molecule has 0 spiro atoms. The molecule has 0 aromatic carbocycles. The molecule has 0 bridgehead atoms. The van der Waals surface area contributed by atoms with Crippen molar-refractivity contribution < 1.29 is 10.0 Å². The maximum atomic E-state index is 11.9. The Morgan fingerprint density at radius 2 is 1.29 bits per heavy atom. The number of carbonyl (C=O) groups excluding carboxylic acids is 1. The molecular formula is C14H25NO2. The normalized spacial score (nSPS) is 23.9. The molecular weight excluding hydrogens is 214 g/mol. The molecule has 0 saturated heterocycles. The minimum absolute atomic E-state index is 0.0700. The van der Waals surface area contributed by atoms with Gasteiger partial charge in [-0.25, -0.2) is 5.48 Å². The first-order valence-corrected chi connectivity index (χ1v) is 7.27. The molecule has 2 aliphatic rings. The molecule has 2 N–H and O–H groups in total. The Bertz CT molecular complexity index is 225. The van der Waals surface area contributed by atoms with E-state index < -0.39 is 0 Å². The van der Waals surface area contributed by atoms with Crippen LogP contribution in [0.25, 0.3) is 0 Å². The van der Waals surface area contributed by atoms with Crippen molar-refractivity contribution in [2.24, 2.45) is 17.8 Å². The summed E-state index contributed by atoms with van der Waals surface area (Å²) < 4.78 is 0. The summed E-state index contributed by atoms with van der Waals surface area (Å²) in [5.74, 6) is 0.974. The molecule has 2 rings (SSSR count). The Labute approximate surface area is 104 Å². The van der Waals surface area contributed by atoms with Gasteiger partial charge in [-0.1, -0.05) is 38.5 Å². The minimum atomic E-state index is -0.121. The lowest BCUT2D eigenvalue weighted by atomic mass is 9.69. The topological polar surface area (TPSA) is 49.3 Å². The van der Waals surface area contributed by atoms with Crippen molar-refractivity contribution in [3.63, 3.8) is 0 Å². The van der Waals surface area contributed by atoms with Crippen LogP contribution in [0, 0.1) is 17.8 Å². The summed E-state index contributed by atoms with van der Waals surface area (Å²) >= 11 is 0. The van der Waals surface area contributed by atoms with Gasteiger partial charge >= 0.3 is 0 Å². The van der Waals surface area contributed by atoms with Crippen LogP contribution in [-0.2, 0) is 4.79 Å². The molecule has 0 heterocycles. The molecule has 0 unspecified atom stereocenters. The van der Waals surface area contributed by atoms with Gasteiger partial charge in [-0.05, 0) is 37.5 Å². The fourth-order valence-corrected chi connectivity index (χ4v) is 3.87. The molecule has 2 fully saturated rings. The van der Waals surface area contributed by atoms with Crippen LogP contribution >= 0.6 is 0 Å². The Morgan fingerprint density at radius 1 is 0.882 bits per heavy atom. The molecule has 3 nitrogen and oxygen atoms in total. The smallest absolute Gasteiger partial charge is 0.246 e. The van der Waals surface area contributed by atoms with Crippen LogP contribution in [0.3, 0.4) is 0 Å². The third kappa shape index (κ3) is 3.21. The van der Waals surface area contributed by atoms with E-state index in [9.17, 15) is 4.79 Å². The lowest BCUT2D eigenvalue weighted by molar-refractivity contribution is -0.138. The first kappa shape index (κ1) is 12.9. The highest BCUT2D eigenvalue weighted by Gasteiger charge is 2.36. The van der Waals surface area contributed by atoms with E-state index in [4.69, 9.17) is 5.21 Å². The number of nitrogens with one attached hydrogen (secondary N) is 1.